The lowest BCUT2D eigenvalue weighted by molar-refractivity contribution is 0.0479. The smallest absolute Gasteiger partial charge is 0.368 e. The fraction of sp³-hybridized carbons (Fsp3) is 0.429. The van der Waals surface area contributed by atoms with Crippen molar-refractivity contribution in [2.45, 2.75) is 25.7 Å². The molecular formula is C14H19FN3O4P. The summed E-state index contributed by atoms with van der Waals surface area (Å²) in [4.78, 5) is 3.80. The Hall–Kier alpha value is -1.60. The molecule has 9 heteroatoms. The molecule has 0 radical (unpaired) electrons. The third-order valence-electron chi connectivity index (χ3n) is 3.21. The lowest BCUT2D eigenvalue weighted by atomic mass is 10.1. The Morgan fingerprint density at radius 1 is 1.26 bits per heavy atom. The van der Waals surface area contributed by atoms with Crippen LogP contribution in [0.25, 0.3) is 0 Å². The van der Waals surface area contributed by atoms with E-state index in [2.05, 4.69) is 10.1 Å². The van der Waals surface area contributed by atoms with E-state index in [1.165, 1.54) is 41.6 Å². The quantitative estimate of drug-likeness (QED) is 0.741. The van der Waals surface area contributed by atoms with Crippen LogP contribution in [0.3, 0.4) is 0 Å². The number of rotatable bonds is 8. The first-order valence-electron chi connectivity index (χ1n) is 7.15. The normalized spacial score (nSPS) is 14.6. The molecule has 0 bridgehead atoms. The van der Waals surface area contributed by atoms with Crippen LogP contribution in [0.1, 0.15) is 19.4 Å². The molecule has 1 unspecified atom stereocenters. The molecule has 2 rings (SSSR count). The average Bonchev–Trinajstić information content (AvgIpc) is 3.01. The zero-order valence-corrected chi connectivity index (χ0v) is 13.8. The van der Waals surface area contributed by atoms with E-state index >= 15 is 0 Å². The molecule has 126 valence electrons. The summed E-state index contributed by atoms with van der Waals surface area (Å²) in [7, 11) is -3.97. The van der Waals surface area contributed by atoms with Gasteiger partial charge in [-0.1, -0.05) is 12.1 Å². The molecule has 0 spiro atoms. The Balaban J connectivity index is 2.52. The highest BCUT2D eigenvalue weighted by Crippen LogP contribution is 2.64. The van der Waals surface area contributed by atoms with E-state index in [-0.39, 0.29) is 25.3 Å². The van der Waals surface area contributed by atoms with E-state index in [4.69, 9.17) is 9.05 Å². The fourth-order valence-electron chi connectivity index (χ4n) is 2.18. The zero-order valence-electron chi connectivity index (χ0n) is 12.9. The van der Waals surface area contributed by atoms with Crippen molar-refractivity contribution >= 4 is 7.60 Å². The third-order valence-corrected chi connectivity index (χ3v) is 5.71. The van der Waals surface area contributed by atoms with E-state index in [1.807, 2.05) is 0 Å². The Kier molecular flexibility index (Phi) is 5.64. The van der Waals surface area contributed by atoms with E-state index < -0.39 is 18.8 Å². The van der Waals surface area contributed by atoms with Gasteiger partial charge in [-0.25, -0.2) is 14.1 Å². The van der Waals surface area contributed by atoms with Gasteiger partial charge >= 0.3 is 7.60 Å². The van der Waals surface area contributed by atoms with Gasteiger partial charge in [0, 0.05) is 0 Å². The standard InChI is InChI=1S/C14H19FN3O4P/c1-3-21-23(20,22-4-2)14(19,9-18-11-16-10-17-18)12-5-7-13(15)8-6-12/h5-8,10-11,19H,3-4,9H2,1-2H3. The number of halogens is 1. The number of nitrogens with zero attached hydrogens (tertiary/aromatic N) is 3. The first-order chi connectivity index (χ1) is 10.9. The highest BCUT2D eigenvalue weighted by molar-refractivity contribution is 7.54. The maximum absolute atomic E-state index is 13.2. The van der Waals surface area contributed by atoms with Gasteiger partial charge in [0.2, 0.25) is 5.34 Å². The molecule has 23 heavy (non-hydrogen) atoms. The number of benzene rings is 1. The lowest BCUT2D eigenvalue weighted by Gasteiger charge is -2.34. The van der Waals surface area contributed by atoms with Gasteiger partial charge in [0.15, 0.2) is 0 Å². The molecular weight excluding hydrogens is 324 g/mol. The van der Waals surface area contributed by atoms with Gasteiger partial charge in [0.1, 0.15) is 18.5 Å². The summed E-state index contributed by atoms with van der Waals surface area (Å²) in [5, 5.41) is 13.1. The Morgan fingerprint density at radius 3 is 2.35 bits per heavy atom. The zero-order chi connectivity index (χ0) is 16.9. The third kappa shape index (κ3) is 3.67. The molecule has 1 aromatic heterocycles. The lowest BCUT2D eigenvalue weighted by Crippen LogP contribution is -2.33. The molecule has 0 aliphatic heterocycles. The summed E-state index contributed by atoms with van der Waals surface area (Å²) in [6.45, 7) is 3.24. The number of aliphatic hydroxyl groups is 1. The second-order valence-electron chi connectivity index (χ2n) is 4.75. The van der Waals surface area contributed by atoms with Crippen LogP contribution in [0, 0.1) is 5.82 Å². The molecule has 0 amide bonds. The van der Waals surface area contributed by atoms with Crippen molar-refractivity contribution in [3.8, 4) is 0 Å². The highest BCUT2D eigenvalue weighted by atomic mass is 31.2. The van der Waals surface area contributed by atoms with E-state index in [1.54, 1.807) is 13.8 Å². The van der Waals surface area contributed by atoms with Gasteiger partial charge in [-0.05, 0) is 31.5 Å². The predicted molar refractivity (Wildman–Crippen MR) is 81.2 cm³/mol. The Labute approximate surface area is 133 Å². The minimum Gasteiger partial charge on any atom is -0.372 e. The molecule has 0 aliphatic carbocycles. The van der Waals surface area contributed by atoms with Gasteiger partial charge in [-0.15, -0.1) is 0 Å². The van der Waals surface area contributed by atoms with Crippen molar-refractivity contribution in [2.24, 2.45) is 0 Å². The van der Waals surface area contributed by atoms with Crippen molar-refractivity contribution in [3.63, 3.8) is 0 Å². The average molecular weight is 343 g/mol. The molecule has 1 N–H and O–H groups in total. The fourth-order valence-corrected chi connectivity index (χ4v) is 4.15. The first-order valence-corrected chi connectivity index (χ1v) is 8.69. The summed E-state index contributed by atoms with van der Waals surface area (Å²) < 4.78 is 38.3. The van der Waals surface area contributed by atoms with Crippen LogP contribution in [0.15, 0.2) is 36.9 Å². The first kappa shape index (κ1) is 17.7. The molecule has 7 nitrogen and oxygen atoms in total. The van der Waals surface area contributed by atoms with Gasteiger partial charge in [-0.3, -0.25) is 4.57 Å². The van der Waals surface area contributed by atoms with Crippen molar-refractivity contribution in [3.05, 3.63) is 48.3 Å². The SMILES string of the molecule is CCOP(=O)(OCC)C(O)(Cn1cncn1)c1ccc(F)cc1. The molecule has 1 aromatic carbocycles. The highest BCUT2D eigenvalue weighted by Gasteiger charge is 2.51. The van der Waals surface area contributed by atoms with Crippen molar-refractivity contribution in [1.82, 2.24) is 14.8 Å². The van der Waals surface area contributed by atoms with Crippen LogP contribution in [0.2, 0.25) is 0 Å². The van der Waals surface area contributed by atoms with Gasteiger partial charge < -0.3 is 14.2 Å². The summed E-state index contributed by atoms with van der Waals surface area (Å²) in [6, 6.07) is 5.03. The van der Waals surface area contributed by atoms with Gasteiger partial charge in [0.25, 0.3) is 0 Å². The molecule has 1 heterocycles. The minimum atomic E-state index is -3.97. The summed E-state index contributed by atoms with van der Waals surface area (Å²) >= 11 is 0. The maximum atomic E-state index is 13.2. The van der Waals surface area contributed by atoms with Crippen molar-refractivity contribution in [2.75, 3.05) is 13.2 Å². The van der Waals surface area contributed by atoms with E-state index in [0.29, 0.717) is 0 Å². The molecule has 1 atom stereocenters. The van der Waals surface area contributed by atoms with Gasteiger partial charge in [-0.2, -0.15) is 5.10 Å². The summed E-state index contributed by atoms with van der Waals surface area (Å²) in [5.74, 6) is -0.473. The van der Waals surface area contributed by atoms with E-state index in [9.17, 15) is 14.1 Å². The molecule has 0 saturated carbocycles. The molecule has 0 aliphatic rings. The summed E-state index contributed by atoms with van der Waals surface area (Å²) in [5.41, 5.74) is 0.208. The summed E-state index contributed by atoms with van der Waals surface area (Å²) in [6.07, 6.45) is 2.66. The predicted octanol–water partition coefficient (Wildman–Crippen LogP) is 2.53. The van der Waals surface area contributed by atoms with Crippen LogP contribution < -0.4 is 0 Å². The molecule has 0 fully saturated rings. The van der Waals surface area contributed by atoms with Crippen molar-refractivity contribution < 1.29 is 23.1 Å². The monoisotopic (exact) mass is 343 g/mol. The topological polar surface area (TPSA) is 86.5 Å². The molecule has 0 saturated heterocycles. The van der Waals surface area contributed by atoms with Gasteiger partial charge in [0.05, 0.1) is 19.8 Å². The number of hydrogen-bond acceptors (Lipinski definition) is 6. The number of hydrogen-bond donors (Lipinski definition) is 1. The van der Waals surface area contributed by atoms with Crippen LogP contribution in [0.4, 0.5) is 4.39 Å². The largest absolute Gasteiger partial charge is 0.372 e. The second kappa shape index (κ2) is 7.31. The second-order valence-corrected chi connectivity index (χ2v) is 7.00. The van der Waals surface area contributed by atoms with Crippen LogP contribution in [0.5, 0.6) is 0 Å². The number of aromatic nitrogens is 3. The minimum absolute atomic E-state index is 0.0815. The maximum Gasteiger partial charge on any atom is 0.368 e. The van der Waals surface area contributed by atoms with Crippen LogP contribution in [-0.2, 0) is 25.5 Å². The Morgan fingerprint density at radius 2 is 1.87 bits per heavy atom. The van der Waals surface area contributed by atoms with Crippen molar-refractivity contribution in [1.29, 1.82) is 0 Å². The van der Waals surface area contributed by atoms with Crippen LogP contribution in [-0.4, -0.2) is 33.1 Å². The molecule has 2 aromatic rings. The van der Waals surface area contributed by atoms with E-state index in [0.717, 1.165) is 0 Å². The van der Waals surface area contributed by atoms with Crippen LogP contribution >= 0.6 is 7.60 Å². The Bertz CT molecular complexity index is 655.